The number of carbonyl (C=O) groups is 2. The van der Waals surface area contributed by atoms with Crippen LogP contribution in [0.15, 0.2) is 12.2 Å². The molecule has 21 heavy (non-hydrogen) atoms. The molecule has 0 aromatic carbocycles. The summed E-state index contributed by atoms with van der Waals surface area (Å²) in [6, 6.07) is 0. The lowest BCUT2D eigenvalue weighted by molar-refractivity contribution is -0.154. The first-order valence-electron chi connectivity index (χ1n) is 8.30. The van der Waals surface area contributed by atoms with Gasteiger partial charge in [-0.1, -0.05) is 26.0 Å². The molecule has 0 unspecified atom stereocenters. The van der Waals surface area contributed by atoms with Crippen molar-refractivity contribution in [1.29, 1.82) is 0 Å². The minimum absolute atomic E-state index is 0.115. The Bertz CT molecular complexity index is 422. The second kappa shape index (κ2) is 6.76. The number of ether oxygens (including phenoxy) is 1. The zero-order valence-electron chi connectivity index (χ0n) is 13.6. The highest BCUT2D eigenvalue weighted by Crippen LogP contribution is 2.60. The van der Waals surface area contributed by atoms with Crippen LogP contribution in [0.25, 0.3) is 0 Å². The molecule has 0 N–H and O–H groups in total. The number of allylic oxidation sites excluding steroid dienone is 2. The summed E-state index contributed by atoms with van der Waals surface area (Å²) in [7, 11) is 0. The second-order valence-corrected chi connectivity index (χ2v) is 7.04. The molecule has 0 radical (unpaired) electrons. The number of esters is 1. The van der Waals surface area contributed by atoms with E-state index in [0.717, 1.165) is 25.7 Å². The Kier molecular flexibility index (Phi) is 5.23. The molecule has 0 aromatic heterocycles. The number of carbonyl (C=O) groups excluding carboxylic acids is 2. The fourth-order valence-corrected chi connectivity index (χ4v) is 3.96. The van der Waals surface area contributed by atoms with Gasteiger partial charge in [-0.05, 0) is 49.9 Å². The average molecular weight is 292 g/mol. The third-order valence-electron chi connectivity index (χ3n) is 5.51. The van der Waals surface area contributed by atoms with Crippen molar-refractivity contribution < 1.29 is 14.3 Å². The van der Waals surface area contributed by atoms with Gasteiger partial charge in [-0.3, -0.25) is 9.59 Å². The Labute approximate surface area is 128 Å². The Morgan fingerprint density at radius 1 is 1.38 bits per heavy atom. The highest BCUT2D eigenvalue weighted by atomic mass is 16.5. The van der Waals surface area contributed by atoms with Crippen molar-refractivity contribution in [3.63, 3.8) is 0 Å². The van der Waals surface area contributed by atoms with E-state index in [1.54, 1.807) is 0 Å². The van der Waals surface area contributed by atoms with Gasteiger partial charge < -0.3 is 4.74 Å². The first-order chi connectivity index (χ1) is 9.96. The molecule has 0 heterocycles. The number of unbranched alkanes of at least 4 members (excludes halogenated alkanes) is 1. The summed E-state index contributed by atoms with van der Waals surface area (Å²) >= 11 is 0. The molecular formula is C18H28O3. The largest absolute Gasteiger partial charge is 0.466 e. The van der Waals surface area contributed by atoms with Crippen LogP contribution in [0, 0.1) is 23.2 Å². The Morgan fingerprint density at radius 3 is 2.81 bits per heavy atom. The summed E-state index contributed by atoms with van der Waals surface area (Å²) in [6.45, 7) is 6.91. The minimum atomic E-state index is -0.115. The molecular weight excluding hydrogens is 264 g/mol. The molecule has 0 spiro atoms. The van der Waals surface area contributed by atoms with Gasteiger partial charge in [-0.15, -0.1) is 0 Å². The number of fused-ring (bicyclic) bond motifs is 2. The molecule has 3 aliphatic carbocycles. The molecule has 3 nitrogen and oxygen atoms in total. The van der Waals surface area contributed by atoms with Gasteiger partial charge in [-0.25, -0.2) is 0 Å². The highest BCUT2D eigenvalue weighted by molar-refractivity contribution is 5.84. The maximum Gasteiger partial charge on any atom is 0.305 e. The van der Waals surface area contributed by atoms with Crippen LogP contribution in [0.2, 0.25) is 0 Å². The van der Waals surface area contributed by atoms with E-state index in [1.165, 1.54) is 6.42 Å². The zero-order chi connectivity index (χ0) is 15.5. The Hall–Kier alpha value is -1.12. The number of ketones is 1. The standard InChI is InChI=1S/C18H28O3/c1-4-21-17(20)10-8-6-5-7-9-14-15-11-13(12-16(14)19)18(15,2)3/h5,7,13-15H,4,6,8-12H2,1-3H3/b7-5+/t13-,14-,15+/m0/s1. The van der Waals surface area contributed by atoms with E-state index in [2.05, 4.69) is 26.0 Å². The van der Waals surface area contributed by atoms with Crippen molar-refractivity contribution in [1.82, 2.24) is 0 Å². The summed E-state index contributed by atoms with van der Waals surface area (Å²) in [5.41, 5.74) is 0.357. The third kappa shape index (κ3) is 3.56. The van der Waals surface area contributed by atoms with Gasteiger partial charge in [0.25, 0.3) is 0 Å². The van der Waals surface area contributed by atoms with Crippen LogP contribution in [-0.2, 0) is 14.3 Å². The van der Waals surface area contributed by atoms with E-state index in [0.29, 0.717) is 36.1 Å². The Balaban J connectivity index is 1.69. The molecule has 3 rings (SSSR count). The van der Waals surface area contributed by atoms with Gasteiger partial charge in [0.15, 0.2) is 0 Å². The highest BCUT2D eigenvalue weighted by Gasteiger charge is 2.56. The Morgan fingerprint density at radius 2 is 2.14 bits per heavy atom. The lowest BCUT2D eigenvalue weighted by Gasteiger charge is -2.59. The van der Waals surface area contributed by atoms with Crippen LogP contribution in [-0.4, -0.2) is 18.4 Å². The van der Waals surface area contributed by atoms with E-state index in [-0.39, 0.29) is 11.9 Å². The molecule has 0 aromatic rings. The lowest BCUT2D eigenvalue weighted by Crippen LogP contribution is -2.55. The molecule has 118 valence electrons. The molecule has 0 saturated heterocycles. The predicted molar refractivity (Wildman–Crippen MR) is 82.7 cm³/mol. The summed E-state index contributed by atoms with van der Waals surface area (Å²) < 4.78 is 4.89. The smallest absolute Gasteiger partial charge is 0.305 e. The number of hydrogen-bond donors (Lipinski definition) is 0. The van der Waals surface area contributed by atoms with Gasteiger partial charge in [0.1, 0.15) is 5.78 Å². The molecule has 0 aliphatic heterocycles. The van der Waals surface area contributed by atoms with Crippen molar-refractivity contribution in [2.75, 3.05) is 6.61 Å². The maximum atomic E-state index is 12.1. The van der Waals surface area contributed by atoms with Gasteiger partial charge in [0, 0.05) is 18.8 Å². The van der Waals surface area contributed by atoms with Gasteiger partial charge >= 0.3 is 5.97 Å². The van der Waals surface area contributed by atoms with E-state index >= 15 is 0 Å². The van der Waals surface area contributed by atoms with Gasteiger partial charge in [0.2, 0.25) is 0 Å². The molecule has 3 aliphatic rings. The van der Waals surface area contributed by atoms with Crippen LogP contribution < -0.4 is 0 Å². The molecule has 2 bridgehead atoms. The fourth-order valence-electron chi connectivity index (χ4n) is 3.96. The summed E-state index contributed by atoms with van der Waals surface area (Å²) in [5, 5.41) is 0. The van der Waals surface area contributed by atoms with E-state index < -0.39 is 0 Å². The second-order valence-electron chi connectivity index (χ2n) is 7.04. The summed E-state index contributed by atoms with van der Waals surface area (Å²) in [4.78, 5) is 23.3. The SMILES string of the molecule is CCOC(=O)CCC/C=C/C[C@@H]1C(=O)C[C@@H]2C[C@H]1C2(C)C. The van der Waals surface area contributed by atoms with Crippen molar-refractivity contribution in [3.05, 3.63) is 12.2 Å². The normalized spacial score (nSPS) is 30.2. The first kappa shape index (κ1) is 16.3. The van der Waals surface area contributed by atoms with Crippen molar-refractivity contribution >= 4 is 11.8 Å². The van der Waals surface area contributed by atoms with Gasteiger partial charge in [0.05, 0.1) is 6.61 Å². The van der Waals surface area contributed by atoms with Crippen LogP contribution in [0.5, 0.6) is 0 Å². The summed E-state index contributed by atoms with van der Waals surface area (Å²) in [6.07, 6.45) is 9.34. The van der Waals surface area contributed by atoms with Crippen LogP contribution in [0.4, 0.5) is 0 Å². The summed E-state index contributed by atoms with van der Waals surface area (Å²) in [5.74, 6) is 1.78. The van der Waals surface area contributed by atoms with Crippen LogP contribution >= 0.6 is 0 Å². The fraction of sp³-hybridized carbons (Fsp3) is 0.778. The van der Waals surface area contributed by atoms with Crippen molar-refractivity contribution in [2.24, 2.45) is 23.2 Å². The first-order valence-corrected chi connectivity index (χ1v) is 8.30. The molecule has 3 atom stereocenters. The third-order valence-corrected chi connectivity index (χ3v) is 5.51. The molecule has 3 fully saturated rings. The lowest BCUT2D eigenvalue weighted by atomic mass is 9.45. The molecule has 3 heteroatoms. The average Bonchev–Trinajstić information content (AvgIpc) is 2.43. The number of Topliss-reactive ketones (excluding diaryl/α,β-unsaturated/α-hetero) is 1. The minimum Gasteiger partial charge on any atom is -0.466 e. The van der Waals surface area contributed by atoms with Crippen molar-refractivity contribution in [2.45, 2.75) is 59.3 Å². The zero-order valence-corrected chi connectivity index (χ0v) is 13.6. The van der Waals surface area contributed by atoms with Crippen LogP contribution in [0.1, 0.15) is 59.3 Å². The van der Waals surface area contributed by atoms with Crippen LogP contribution in [0.3, 0.4) is 0 Å². The quantitative estimate of drug-likeness (QED) is 0.406. The molecule has 3 saturated carbocycles. The van der Waals surface area contributed by atoms with E-state index in [1.807, 2.05) is 6.92 Å². The topological polar surface area (TPSA) is 43.4 Å². The van der Waals surface area contributed by atoms with Crippen molar-refractivity contribution in [3.8, 4) is 0 Å². The number of rotatable bonds is 7. The van der Waals surface area contributed by atoms with E-state index in [9.17, 15) is 9.59 Å². The maximum absolute atomic E-state index is 12.1. The van der Waals surface area contributed by atoms with Gasteiger partial charge in [-0.2, -0.15) is 0 Å². The monoisotopic (exact) mass is 292 g/mol. The predicted octanol–water partition coefficient (Wildman–Crippen LogP) is 3.92. The van der Waals surface area contributed by atoms with E-state index in [4.69, 9.17) is 4.74 Å². The molecule has 0 amide bonds. The number of hydrogen-bond acceptors (Lipinski definition) is 3.